The molecule has 0 bridgehead atoms. The van der Waals surface area contributed by atoms with E-state index in [1.54, 1.807) is 11.3 Å². The van der Waals surface area contributed by atoms with E-state index in [2.05, 4.69) is 39.0 Å². The first-order valence-corrected chi connectivity index (χ1v) is 11.7. The summed E-state index contributed by atoms with van der Waals surface area (Å²) in [5, 5.41) is 10.1. The van der Waals surface area contributed by atoms with Crippen LogP contribution in [0.15, 0.2) is 40.2 Å². The second kappa shape index (κ2) is 8.53. The third-order valence-electron chi connectivity index (χ3n) is 6.17. The molecule has 7 heteroatoms. The molecule has 1 amide bonds. The van der Waals surface area contributed by atoms with Gasteiger partial charge in [-0.15, -0.1) is 11.3 Å². The molecule has 0 radical (unpaired) electrons. The Morgan fingerprint density at radius 3 is 2.80 bits per heavy atom. The number of hydrogen-bond acceptors (Lipinski definition) is 5. The molecular formula is C23H24ClN3O2S. The molecule has 3 heterocycles. The van der Waals surface area contributed by atoms with Crippen LogP contribution in [0.1, 0.15) is 39.3 Å². The maximum atomic E-state index is 12.8. The summed E-state index contributed by atoms with van der Waals surface area (Å²) in [6.45, 7) is 3.73. The van der Waals surface area contributed by atoms with E-state index in [1.165, 1.54) is 10.4 Å². The Morgan fingerprint density at radius 1 is 1.20 bits per heavy atom. The van der Waals surface area contributed by atoms with Gasteiger partial charge in [0.15, 0.2) is 11.5 Å². The number of piperidine rings is 1. The van der Waals surface area contributed by atoms with Crippen LogP contribution in [0.25, 0.3) is 11.3 Å². The van der Waals surface area contributed by atoms with Crippen LogP contribution >= 0.6 is 22.9 Å². The number of nitrogens with zero attached hydrogens (tertiary/aromatic N) is 2. The van der Waals surface area contributed by atoms with Crippen molar-refractivity contribution in [1.29, 1.82) is 0 Å². The van der Waals surface area contributed by atoms with E-state index in [0.29, 0.717) is 18.2 Å². The molecule has 1 aliphatic heterocycles. The van der Waals surface area contributed by atoms with Crippen molar-refractivity contribution in [2.75, 3.05) is 19.6 Å². The molecule has 5 nitrogen and oxygen atoms in total. The molecule has 2 aliphatic rings. The summed E-state index contributed by atoms with van der Waals surface area (Å²) >= 11 is 7.71. The number of likely N-dealkylation sites (tertiary alicyclic amines) is 1. The Labute approximate surface area is 185 Å². The largest absolute Gasteiger partial charge is 0.355 e. The van der Waals surface area contributed by atoms with E-state index in [1.807, 2.05) is 12.1 Å². The predicted molar refractivity (Wildman–Crippen MR) is 119 cm³/mol. The zero-order valence-corrected chi connectivity index (χ0v) is 18.3. The van der Waals surface area contributed by atoms with Crippen molar-refractivity contribution in [3.8, 4) is 11.3 Å². The van der Waals surface area contributed by atoms with Crippen molar-refractivity contribution in [2.45, 2.75) is 32.2 Å². The van der Waals surface area contributed by atoms with Crippen LogP contribution in [0.5, 0.6) is 0 Å². The number of carbonyl (C=O) groups excluding carboxylic acids is 1. The van der Waals surface area contributed by atoms with Crippen molar-refractivity contribution in [3.05, 3.63) is 62.4 Å². The summed E-state index contributed by atoms with van der Waals surface area (Å²) in [6.07, 6.45) is 3.94. The monoisotopic (exact) mass is 441 g/mol. The number of benzene rings is 1. The van der Waals surface area contributed by atoms with Crippen molar-refractivity contribution >= 4 is 28.8 Å². The van der Waals surface area contributed by atoms with Crippen LogP contribution in [-0.2, 0) is 19.4 Å². The fourth-order valence-corrected chi connectivity index (χ4v) is 5.43. The maximum Gasteiger partial charge on any atom is 0.273 e. The first-order chi connectivity index (χ1) is 14.7. The Balaban J connectivity index is 1.13. The smallest absolute Gasteiger partial charge is 0.273 e. The molecule has 156 valence electrons. The molecule has 3 aromatic rings. The highest BCUT2D eigenvalue weighted by Crippen LogP contribution is 2.38. The SMILES string of the molecule is O=C(NCC1CCN(Cc2ccc(Cl)cc2)CC1)c1noc2c1CCc1sccc1-2. The molecule has 2 aromatic heterocycles. The lowest BCUT2D eigenvalue weighted by atomic mass is 9.94. The lowest BCUT2D eigenvalue weighted by Gasteiger charge is -2.32. The van der Waals surface area contributed by atoms with Crippen LogP contribution in [0.3, 0.4) is 0 Å². The van der Waals surface area contributed by atoms with Crippen molar-refractivity contribution in [2.24, 2.45) is 5.92 Å². The summed E-state index contributed by atoms with van der Waals surface area (Å²) in [7, 11) is 0. The van der Waals surface area contributed by atoms with Gasteiger partial charge in [-0.1, -0.05) is 28.9 Å². The summed E-state index contributed by atoms with van der Waals surface area (Å²) in [6, 6.07) is 10.1. The number of amides is 1. The summed E-state index contributed by atoms with van der Waals surface area (Å²) in [5.41, 5.74) is 3.80. The van der Waals surface area contributed by atoms with Crippen LogP contribution in [0, 0.1) is 5.92 Å². The van der Waals surface area contributed by atoms with Gasteiger partial charge in [-0.25, -0.2) is 0 Å². The number of thiophene rings is 1. The molecule has 5 rings (SSSR count). The van der Waals surface area contributed by atoms with Gasteiger partial charge in [-0.3, -0.25) is 9.69 Å². The van der Waals surface area contributed by atoms with Gasteiger partial charge >= 0.3 is 0 Å². The highest BCUT2D eigenvalue weighted by atomic mass is 35.5. The number of hydrogen-bond donors (Lipinski definition) is 1. The number of nitrogens with one attached hydrogen (secondary N) is 1. The van der Waals surface area contributed by atoms with E-state index in [9.17, 15) is 4.79 Å². The van der Waals surface area contributed by atoms with Gasteiger partial charge in [0.25, 0.3) is 5.91 Å². The van der Waals surface area contributed by atoms with Crippen LogP contribution < -0.4 is 5.32 Å². The number of aromatic nitrogens is 1. The topological polar surface area (TPSA) is 58.4 Å². The van der Waals surface area contributed by atoms with Crippen LogP contribution in [0.2, 0.25) is 5.02 Å². The summed E-state index contributed by atoms with van der Waals surface area (Å²) < 4.78 is 5.54. The maximum absolute atomic E-state index is 12.8. The highest BCUT2D eigenvalue weighted by molar-refractivity contribution is 7.10. The quantitative estimate of drug-likeness (QED) is 0.618. The lowest BCUT2D eigenvalue weighted by molar-refractivity contribution is 0.0925. The Kier molecular flexibility index (Phi) is 5.63. The van der Waals surface area contributed by atoms with Crippen LogP contribution in [0.4, 0.5) is 0 Å². The molecular weight excluding hydrogens is 418 g/mol. The number of carbonyl (C=O) groups is 1. The van der Waals surface area contributed by atoms with Gasteiger partial charge < -0.3 is 9.84 Å². The minimum absolute atomic E-state index is 0.109. The minimum atomic E-state index is -0.109. The van der Waals surface area contributed by atoms with Crippen LogP contribution in [-0.4, -0.2) is 35.6 Å². The lowest BCUT2D eigenvalue weighted by Crippen LogP contribution is -2.38. The molecule has 0 atom stereocenters. The molecule has 0 spiro atoms. The molecule has 30 heavy (non-hydrogen) atoms. The molecule has 0 unspecified atom stereocenters. The van der Waals surface area contributed by atoms with E-state index in [0.717, 1.165) is 67.2 Å². The van der Waals surface area contributed by atoms with Gasteiger partial charge in [-0.05, 0) is 73.8 Å². The first kappa shape index (κ1) is 19.8. The highest BCUT2D eigenvalue weighted by Gasteiger charge is 2.28. The van der Waals surface area contributed by atoms with Gasteiger partial charge in [0.2, 0.25) is 0 Å². The summed E-state index contributed by atoms with van der Waals surface area (Å²) in [4.78, 5) is 16.5. The number of aryl methyl sites for hydroxylation is 1. The standard InChI is InChI=1S/C23H24ClN3O2S/c24-17-3-1-16(2-4-17)14-27-10-7-15(8-11-27)13-25-23(28)21-19-5-6-20-18(9-12-30-20)22(19)29-26-21/h1-4,9,12,15H,5-8,10-11,13-14H2,(H,25,28). The zero-order valence-electron chi connectivity index (χ0n) is 16.7. The molecule has 1 N–H and O–H groups in total. The molecule has 1 saturated heterocycles. The Hall–Kier alpha value is -2.15. The molecule has 1 aromatic carbocycles. The van der Waals surface area contributed by atoms with Gasteiger partial charge in [-0.2, -0.15) is 0 Å². The second-order valence-corrected chi connectivity index (χ2v) is 9.59. The number of rotatable bonds is 5. The second-order valence-electron chi connectivity index (χ2n) is 8.15. The van der Waals surface area contributed by atoms with E-state index in [-0.39, 0.29) is 5.91 Å². The molecule has 1 fully saturated rings. The van der Waals surface area contributed by atoms with E-state index >= 15 is 0 Å². The van der Waals surface area contributed by atoms with Gasteiger partial charge in [0.1, 0.15) is 0 Å². The normalized spacial score (nSPS) is 16.8. The number of fused-ring (bicyclic) bond motifs is 3. The third kappa shape index (κ3) is 4.04. The Morgan fingerprint density at radius 2 is 2.00 bits per heavy atom. The first-order valence-electron chi connectivity index (χ1n) is 10.5. The average Bonchev–Trinajstić information content (AvgIpc) is 3.41. The average molecular weight is 442 g/mol. The summed E-state index contributed by atoms with van der Waals surface area (Å²) in [5.74, 6) is 1.17. The predicted octanol–water partition coefficient (Wildman–Crippen LogP) is 4.80. The van der Waals surface area contributed by atoms with Gasteiger partial charge in [0, 0.05) is 34.1 Å². The van der Waals surface area contributed by atoms with Crippen molar-refractivity contribution in [3.63, 3.8) is 0 Å². The fraction of sp³-hybridized carbons (Fsp3) is 0.391. The molecule has 1 aliphatic carbocycles. The third-order valence-corrected chi connectivity index (χ3v) is 7.41. The fourth-order valence-electron chi connectivity index (χ4n) is 4.42. The van der Waals surface area contributed by atoms with E-state index in [4.69, 9.17) is 16.1 Å². The van der Waals surface area contributed by atoms with Crippen molar-refractivity contribution in [1.82, 2.24) is 15.4 Å². The minimum Gasteiger partial charge on any atom is -0.355 e. The van der Waals surface area contributed by atoms with E-state index < -0.39 is 0 Å². The van der Waals surface area contributed by atoms with Crippen molar-refractivity contribution < 1.29 is 9.32 Å². The van der Waals surface area contributed by atoms with Gasteiger partial charge in [0.05, 0.1) is 0 Å². The zero-order chi connectivity index (χ0) is 20.5. The Bertz CT molecular complexity index is 1040. The molecule has 0 saturated carbocycles. The number of halogens is 1.